The van der Waals surface area contributed by atoms with Gasteiger partial charge < -0.3 is 9.64 Å². The van der Waals surface area contributed by atoms with E-state index >= 15 is 0 Å². The minimum atomic E-state index is -0.327. The number of amidine groups is 1. The molecule has 1 unspecified atom stereocenters. The number of benzene rings is 1. The van der Waals surface area contributed by atoms with Crippen LogP contribution in [0, 0.1) is 5.82 Å². The molecule has 2 aliphatic heterocycles. The zero-order chi connectivity index (χ0) is 18.3. The van der Waals surface area contributed by atoms with Crippen LogP contribution in [0.1, 0.15) is 17.5 Å². The number of hydrogen-bond donors (Lipinski definition) is 0. The molecule has 3 heterocycles. The summed E-state index contributed by atoms with van der Waals surface area (Å²) in [7, 11) is 1.37. The van der Waals surface area contributed by atoms with Crippen LogP contribution in [0.5, 0.6) is 0 Å². The lowest BCUT2D eigenvalue weighted by molar-refractivity contribution is -0.140. The highest BCUT2D eigenvalue weighted by atomic mass is 35.5. The lowest BCUT2D eigenvalue weighted by Crippen LogP contribution is -2.30. The van der Waals surface area contributed by atoms with Crippen molar-refractivity contribution in [3.8, 4) is 0 Å². The van der Waals surface area contributed by atoms with Crippen molar-refractivity contribution >= 4 is 57.9 Å². The maximum atomic E-state index is 14.3. The van der Waals surface area contributed by atoms with Gasteiger partial charge in [-0.3, -0.25) is 14.8 Å². The van der Waals surface area contributed by atoms with E-state index in [-0.39, 0.29) is 36.7 Å². The number of fused-ring (bicyclic) bond motifs is 3. The van der Waals surface area contributed by atoms with Gasteiger partial charge in [0.15, 0.2) is 0 Å². The van der Waals surface area contributed by atoms with Crippen molar-refractivity contribution in [2.24, 2.45) is 9.98 Å². The fourth-order valence-electron chi connectivity index (χ4n) is 3.19. The summed E-state index contributed by atoms with van der Waals surface area (Å²) in [6.07, 6.45) is 0.217. The number of hydrogen-bond acceptors (Lipinski definition) is 6. The van der Waals surface area contributed by atoms with Gasteiger partial charge in [-0.15, -0.1) is 23.7 Å². The predicted molar refractivity (Wildman–Crippen MR) is 109 cm³/mol. The number of methoxy groups -OCH3 is 1. The van der Waals surface area contributed by atoms with Crippen molar-refractivity contribution in [2.45, 2.75) is 12.5 Å². The van der Waals surface area contributed by atoms with E-state index in [9.17, 15) is 9.18 Å². The molecule has 0 spiro atoms. The summed E-state index contributed by atoms with van der Waals surface area (Å²) in [5.41, 5.74) is 1.80. The maximum absolute atomic E-state index is 14.3. The summed E-state index contributed by atoms with van der Waals surface area (Å²) < 4.78 is 19.7. The van der Waals surface area contributed by atoms with Gasteiger partial charge in [-0.25, -0.2) is 4.39 Å². The van der Waals surface area contributed by atoms with Crippen molar-refractivity contribution in [3.05, 3.63) is 51.6 Å². The van der Waals surface area contributed by atoms with Gasteiger partial charge in [-0.2, -0.15) is 0 Å². The molecule has 5 nitrogen and oxygen atoms in total. The van der Waals surface area contributed by atoms with Crippen molar-refractivity contribution < 1.29 is 13.9 Å². The van der Waals surface area contributed by atoms with Crippen LogP contribution >= 0.6 is 35.3 Å². The largest absolute Gasteiger partial charge is 0.469 e. The van der Waals surface area contributed by atoms with Crippen molar-refractivity contribution in [1.29, 1.82) is 0 Å². The minimum Gasteiger partial charge on any atom is -0.469 e. The fraction of sp³-hybridized carbons (Fsp3) is 0.278. The fourth-order valence-corrected chi connectivity index (χ4v) is 4.44. The molecule has 0 radical (unpaired) electrons. The number of thiophene rings is 1. The van der Waals surface area contributed by atoms with E-state index < -0.39 is 0 Å². The first kappa shape index (κ1) is 19.8. The van der Waals surface area contributed by atoms with E-state index in [1.165, 1.54) is 24.5 Å². The molecule has 2 aromatic rings. The van der Waals surface area contributed by atoms with Crippen LogP contribution in [0.25, 0.3) is 0 Å². The maximum Gasteiger partial charge on any atom is 0.307 e. The first-order valence-corrected chi connectivity index (χ1v) is 9.26. The van der Waals surface area contributed by atoms with Gasteiger partial charge in [0.05, 0.1) is 36.2 Å². The average molecular weight is 428 g/mol. The van der Waals surface area contributed by atoms with Gasteiger partial charge in [-0.05, 0) is 18.2 Å². The molecule has 9 heteroatoms. The second-order valence-corrected chi connectivity index (χ2v) is 7.67. The monoisotopic (exact) mass is 427 g/mol. The first-order chi connectivity index (χ1) is 12.6. The number of halogens is 3. The smallest absolute Gasteiger partial charge is 0.307 e. The number of carbonyl (C=O) groups is 1. The number of esters is 1. The predicted octanol–water partition coefficient (Wildman–Crippen LogP) is 3.96. The Morgan fingerprint density at radius 2 is 2.19 bits per heavy atom. The Kier molecular flexibility index (Phi) is 5.83. The van der Waals surface area contributed by atoms with Crippen LogP contribution in [0.4, 0.5) is 9.39 Å². The third-order valence-corrected chi connectivity index (χ3v) is 5.64. The van der Waals surface area contributed by atoms with E-state index in [1.54, 1.807) is 18.2 Å². The molecule has 1 aromatic carbocycles. The topological polar surface area (TPSA) is 54.3 Å². The third kappa shape index (κ3) is 3.72. The Bertz CT molecular complexity index is 944. The normalized spacial score (nSPS) is 17.9. The Hall–Kier alpha value is -1.96. The molecule has 0 saturated heterocycles. The molecule has 1 atom stereocenters. The molecule has 142 valence electrons. The lowest BCUT2D eigenvalue weighted by atomic mass is 10.0. The zero-order valence-electron chi connectivity index (χ0n) is 14.3. The highest BCUT2D eigenvalue weighted by Crippen LogP contribution is 2.40. The molecule has 0 N–H and O–H groups in total. The third-order valence-electron chi connectivity index (χ3n) is 4.36. The summed E-state index contributed by atoms with van der Waals surface area (Å²) in [5, 5.41) is 0.876. The lowest BCUT2D eigenvalue weighted by Gasteiger charge is -2.18. The molecule has 0 amide bonds. The summed E-state index contributed by atoms with van der Waals surface area (Å²) in [5.74, 6) is 0.133. The standard InChI is InChI=1S/C18H15ClFN3O2S.ClH/c1-25-16(24)6-10-9-23-15(22-10)8-21-17(11-4-2-3-5-13(11)20)12-7-14(19)26-18(12)23;/h2-5,7,10H,6,8-9H2,1H3;1H. The van der Waals surface area contributed by atoms with Crippen LogP contribution < -0.4 is 4.90 Å². The van der Waals surface area contributed by atoms with E-state index in [1.807, 2.05) is 11.0 Å². The summed E-state index contributed by atoms with van der Waals surface area (Å²) >= 11 is 7.66. The van der Waals surface area contributed by atoms with E-state index in [0.29, 0.717) is 28.7 Å². The number of rotatable bonds is 3. The molecule has 27 heavy (non-hydrogen) atoms. The van der Waals surface area contributed by atoms with Gasteiger partial charge in [0.25, 0.3) is 0 Å². The van der Waals surface area contributed by atoms with Crippen LogP contribution in [0.3, 0.4) is 0 Å². The number of aliphatic imine (C=N–C) groups is 2. The quantitative estimate of drug-likeness (QED) is 0.696. The minimum absolute atomic E-state index is 0. The molecule has 4 rings (SSSR count). The molecule has 1 aromatic heterocycles. The second-order valence-electron chi connectivity index (χ2n) is 6.00. The number of carbonyl (C=O) groups excluding carboxylic acids is 1. The SMILES string of the molecule is COC(=O)CC1CN2C(=N1)CN=C(c1ccccc1F)c1cc(Cl)sc12.Cl. The zero-order valence-corrected chi connectivity index (χ0v) is 16.7. The van der Waals surface area contributed by atoms with Gasteiger partial charge >= 0.3 is 5.97 Å². The van der Waals surface area contributed by atoms with Crippen LogP contribution in [0.2, 0.25) is 4.34 Å². The molecule has 0 saturated carbocycles. The molecule has 0 bridgehead atoms. The first-order valence-electron chi connectivity index (χ1n) is 8.07. The van der Waals surface area contributed by atoms with Crippen molar-refractivity contribution in [3.63, 3.8) is 0 Å². The molecular weight excluding hydrogens is 412 g/mol. The number of ether oxygens (including phenoxy) is 1. The van der Waals surface area contributed by atoms with Gasteiger partial charge in [-0.1, -0.05) is 23.7 Å². The Balaban J connectivity index is 0.00000210. The van der Waals surface area contributed by atoms with Crippen molar-refractivity contribution in [1.82, 2.24) is 0 Å². The number of nitrogens with zero attached hydrogens (tertiary/aromatic N) is 3. The van der Waals surface area contributed by atoms with Crippen LogP contribution in [0.15, 0.2) is 40.3 Å². The van der Waals surface area contributed by atoms with E-state index in [0.717, 1.165) is 16.4 Å². The number of anilines is 1. The van der Waals surface area contributed by atoms with Gasteiger partial charge in [0, 0.05) is 17.7 Å². The molecule has 0 aliphatic carbocycles. The molecule has 0 fully saturated rings. The van der Waals surface area contributed by atoms with E-state index in [4.69, 9.17) is 16.3 Å². The second kappa shape index (κ2) is 7.96. The molecular formula is C18H16Cl2FN3O2S. The Morgan fingerprint density at radius 1 is 1.41 bits per heavy atom. The highest BCUT2D eigenvalue weighted by molar-refractivity contribution is 7.20. The Labute approximate surface area is 170 Å². The van der Waals surface area contributed by atoms with Crippen molar-refractivity contribution in [2.75, 3.05) is 25.1 Å². The van der Waals surface area contributed by atoms with Gasteiger partial charge in [0.2, 0.25) is 0 Å². The highest BCUT2D eigenvalue weighted by Gasteiger charge is 2.34. The summed E-state index contributed by atoms with van der Waals surface area (Å²) in [6, 6.07) is 8.19. The van der Waals surface area contributed by atoms with Gasteiger partial charge in [0.1, 0.15) is 16.7 Å². The molecule has 2 aliphatic rings. The Morgan fingerprint density at radius 3 is 2.93 bits per heavy atom. The van der Waals surface area contributed by atoms with Crippen LogP contribution in [-0.4, -0.2) is 43.8 Å². The summed E-state index contributed by atoms with van der Waals surface area (Å²) in [6.45, 7) is 0.870. The average Bonchev–Trinajstić information content (AvgIpc) is 3.16. The van der Waals surface area contributed by atoms with E-state index in [2.05, 4.69) is 9.98 Å². The van der Waals surface area contributed by atoms with Crippen LogP contribution in [-0.2, 0) is 9.53 Å². The summed E-state index contributed by atoms with van der Waals surface area (Å²) in [4.78, 5) is 22.8.